The summed E-state index contributed by atoms with van der Waals surface area (Å²) in [6.07, 6.45) is 4.65. The van der Waals surface area contributed by atoms with Gasteiger partial charge in [-0.1, -0.05) is 42.5 Å². The number of hydrogen-bond acceptors (Lipinski definition) is 3. The molecule has 22 heavy (non-hydrogen) atoms. The van der Waals surface area contributed by atoms with Crippen LogP contribution in [0, 0.1) is 0 Å². The first kappa shape index (κ1) is 15.5. The van der Waals surface area contributed by atoms with Gasteiger partial charge in [0.05, 0.1) is 5.75 Å². The fourth-order valence-corrected chi connectivity index (χ4v) is 3.99. The molecule has 0 unspecified atom stereocenters. The molecular formula is C18H23NO2S. The van der Waals surface area contributed by atoms with Gasteiger partial charge in [0.1, 0.15) is 9.84 Å². The molecule has 0 bridgehead atoms. The monoisotopic (exact) mass is 317 g/mol. The minimum Gasteiger partial charge on any atom is -0.299 e. The SMILES string of the molecule is CS(=O)(=O)CCN1CCC[C@H]1Cc1cccc2ccccc12. The van der Waals surface area contributed by atoms with Crippen LogP contribution >= 0.6 is 0 Å². The first-order valence-corrected chi connectivity index (χ1v) is 9.97. The number of rotatable bonds is 5. The van der Waals surface area contributed by atoms with E-state index in [1.54, 1.807) is 0 Å². The van der Waals surface area contributed by atoms with Crippen LogP contribution in [0.3, 0.4) is 0 Å². The average molecular weight is 317 g/mol. The highest BCUT2D eigenvalue weighted by molar-refractivity contribution is 7.90. The maximum Gasteiger partial charge on any atom is 0.148 e. The molecule has 0 amide bonds. The minimum atomic E-state index is -2.88. The lowest BCUT2D eigenvalue weighted by Gasteiger charge is -2.24. The predicted molar refractivity (Wildman–Crippen MR) is 92.0 cm³/mol. The van der Waals surface area contributed by atoms with Crippen molar-refractivity contribution in [3.63, 3.8) is 0 Å². The van der Waals surface area contributed by atoms with E-state index in [9.17, 15) is 8.42 Å². The summed E-state index contributed by atoms with van der Waals surface area (Å²) in [5.41, 5.74) is 1.37. The second-order valence-electron chi connectivity index (χ2n) is 6.30. The van der Waals surface area contributed by atoms with Crippen molar-refractivity contribution in [2.75, 3.05) is 25.1 Å². The Kier molecular flexibility index (Phi) is 4.50. The Hall–Kier alpha value is -1.39. The van der Waals surface area contributed by atoms with Gasteiger partial charge < -0.3 is 0 Å². The summed E-state index contributed by atoms with van der Waals surface area (Å²) in [7, 11) is -2.88. The molecule has 1 atom stereocenters. The molecule has 0 radical (unpaired) electrons. The second-order valence-corrected chi connectivity index (χ2v) is 8.56. The summed E-state index contributed by atoms with van der Waals surface area (Å²) < 4.78 is 22.8. The quantitative estimate of drug-likeness (QED) is 0.851. The van der Waals surface area contributed by atoms with Crippen molar-refractivity contribution in [1.82, 2.24) is 4.90 Å². The van der Waals surface area contributed by atoms with Gasteiger partial charge >= 0.3 is 0 Å². The van der Waals surface area contributed by atoms with Gasteiger partial charge in [-0.15, -0.1) is 0 Å². The first-order valence-electron chi connectivity index (χ1n) is 7.91. The van der Waals surface area contributed by atoms with Crippen molar-refractivity contribution < 1.29 is 8.42 Å². The van der Waals surface area contributed by atoms with Crippen LogP contribution in [0.15, 0.2) is 42.5 Å². The summed E-state index contributed by atoms with van der Waals surface area (Å²) in [6, 6.07) is 15.4. The molecule has 2 aromatic rings. The average Bonchev–Trinajstić information content (AvgIpc) is 2.92. The molecule has 2 aromatic carbocycles. The Labute approximate surface area is 132 Å². The third-order valence-electron chi connectivity index (χ3n) is 4.58. The van der Waals surface area contributed by atoms with Crippen molar-refractivity contribution in [3.8, 4) is 0 Å². The van der Waals surface area contributed by atoms with Crippen LogP contribution < -0.4 is 0 Å². The van der Waals surface area contributed by atoms with Gasteiger partial charge in [-0.05, 0) is 42.1 Å². The molecule has 4 heteroatoms. The fraction of sp³-hybridized carbons (Fsp3) is 0.444. The lowest BCUT2D eigenvalue weighted by atomic mass is 9.98. The molecule has 3 nitrogen and oxygen atoms in total. The topological polar surface area (TPSA) is 37.4 Å². The zero-order valence-electron chi connectivity index (χ0n) is 13.0. The molecule has 0 aromatic heterocycles. The van der Waals surface area contributed by atoms with Gasteiger partial charge in [-0.3, -0.25) is 4.90 Å². The summed E-state index contributed by atoms with van der Waals surface area (Å²) in [5.74, 6) is 0.263. The van der Waals surface area contributed by atoms with Crippen molar-refractivity contribution in [1.29, 1.82) is 0 Å². The third kappa shape index (κ3) is 3.68. The summed E-state index contributed by atoms with van der Waals surface area (Å²) in [5, 5.41) is 2.60. The summed E-state index contributed by atoms with van der Waals surface area (Å²) >= 11 is 0. The van der Waals surface area contributed by atoms with E-state index in [1.807, 2.05) is 0 Å². The Morgan fingerprint density at radius 3 is 2.73 bits per heavy atom. The molecule has 1 aliphatic heterocycles. The molecular weight excluding hydrogens is 294 g/mol. The van der Waals surface area contributed by atoms with Crippen LogP contribution in [0.5, 0.6) is 0 Å². The summed E-state index contributed by atoms with van der Waals surface area (Å²) in [4.78, 5) is 2.35. The van der Waals surface area contributed by atoms with Gasteiger partial charge in [0.25, 0.3) is 0 Å². The Balaban J connectivity index is 1.76. The molecule has 118 valence electrons. The van der Waals surface area contributed by atoms with Crippen molar-refractivity contribution >= 4 is 20.6 Å². The molecule has 1 saturated heterocycles. The van der Waals surface area contributed by atoms with Crippen molar-refractivity contribution in [2.45, 2.75) is 25.3 Å². The highest BCUT2D eigenvalue weighted by Gasteiger charge is 2.25. The zero-order valence-corrected chi connectivity index (χ0v) is 13.8. The summed E-state index contributed by atoms with van der Waals surface area (Å²) in [6.45, 7) is 1.68. The largest absolute Gasteiger partial charge is 0.299 e. The van der Waals surface area contributed by atoms with E-state index in [0.29, 0.717) is 12.6 Å². The van der Waals surface area contributed by atoms with E-state index < -0.39 is 9.84 Å². The molecule has 1 heterocycles. The minimum absolute atomic E-state index is 0.263. The second kappa shape index (κ2) is 6.39. The number of hydrogen-bond donors (Lipinski definition) is 0. The number of likely N-dealkylation sites (tertiary alicyclic amines) is 1. The Bertz CT molecular complexity index is 749. The molecule has 3 rings (SSSR count). The van der Waals surface area contributed by atoms with Gasteiger partial charge in [0.15, 0.2) is 0 Å². The van der Waals surface area contributed by atoms with Gasteiger partial charge in [-0.25, -0.2) is 8.42 Å². The number of nitrogens with zero attached hydrogens (tertiary/aromatic N) is 1. The highest BCUT2D eigenvalue weighted by Crippen LogP contribution is 2.25. The standard InChI is InChI=1S/C18H23NO2S/c1-22(20,21)13-12-19-11-5-9-17(19)14-16-8-4-7-15-6-2-3-10-18(15)16/h2-4,6-8,10,17H,5,9,11-14H2,1H3/t17-/m0/s1. The lowest BCUT2D eigenvalue weighted by molar-refractivity contribution is 0.267. The van der Waals surface area contributed by atoms with Crippen LogP contribution in [0.25, 0.3) is 10.8 Å². The normalized spacial score (nSPS) is 19.8. The van der Waals surface area contributed by atoms with Crippen molar-refractivity contribution in [3.05, 3.63) is 48.0 Å². The van der Waals surface area contributed by atoms with Crippen LogP contribution in [-0.4, -0.2) is 44.5 Å². The van der Waals surface area contributed by atoms with Gasteiger partial charge in [0.2, 0.25) is 0 Å². The van der Waals surface area contributed by atoms with E-state index in [1.165, 1.54) is 29.0 Å². The van der Waals surface area contributed by atoms with Crippen LogP contribution in [-0.2, 0) is 16.3 Å². The highest BCUT2D eigenvalue weighted by atomic mass is 32.2. The zero-order chi connectivity index (χ0) is 15.6. The molecule has 1 aliphatic rings. The van der Waals surface area contributed by atoms with E-state index in [0.717, 1.165) is 19.4 Å². The molecule has 1 fully saturated rings. The Morgan fingerprint density at radius 2 is 1.91 bits per heavy atom. The van der Waals surface area contributed by atoms with Crippen LogP contribution in [0.1, 0.15) is 18.4 Å². The lowest BCUT2D eigenvalue weighted by Crippen LogP contribution is -2.35. The number of fused-ring (bicyclic) bond motifs is 1. The fourth-order valence-electron chi connectivity index (χ4n) is 3.43. The van der Waals surface area contributed by atoms with E-state index >= 15 is 0 Å². The maximum atomic E-state index is 11.4. The van der Waals surface area contributed by atoms with Crippen LogP contribution in [0.4, 0.5) is 0 Å². The number of sulfone groups is 1. The van der Waals surface area contributed by atoms with Gasteiger partial charge in [0, 0.05) is 18.8 Å². The van der Waals surface area contributed by atoms with E-state index in [2.05, 4.69) is 47.4 Å². The molecule has 0 spiro atoms. The first-order chi connectivity index (χ1) is 10.5. The molecule has 0 aliphatic carbocycles. The predicted octanol–water partition coefficient (Wildman–Crippen LogP) is 2.89. The van der Waals surface area contributed by atoms with E-state index in [-0.39, 0.29) is 5.75 Å². The number of benzene rings is 2. The van der Waals surface area contributed by atoms with E-state index in [4.69, 9.17) is 0 Å². The molecule has 0 N–H and O–H groups in total. The smallest absolute Gasteiger partial charge is 0.148 e. The van der Waals surface area contributed by atoms with Crippen molar-refractivity contribution in [2.24, 2.45) is 0 Å². The van der Waals surface area contributed by atoms with Gasteiger partial charge in [-0.2, -0.15) is 0 Å². The Morgan fingerprint density at radius 1 is 1.14 bits per heavy atom. The van der Waals surface area contributed by atoms with Crippen LogP contribution in [0.2, 0.25) is 0 Å². The third-order valence-corrected chi connectivity index (χ3v) is 5.51. The molecule has 0 saturated carbocycles. The maximum absolute atomic E-state index is 11.4.